The van der Waals surface area contributed by atoms with Gasteiger partial charge in [0.25, 0.3) is 0 Å². The van der Waals surface area contributed by atoms with Gasteiger partial charge in [0.2, 0.25) is 12.3 Å². The van der Waals surface area contributed by atoms with Crippen molar-refractivity contribution < 1.29 is 14.7 Å². The summed E-state index contributed by atoms with van der Waals surface area (Å²) in [4.78, 5) is 28.5. The van der Waals surface area contributed by atoms with E-state index in [9.17, 15) is 14.7 Å². The van der Waals surface area contributed by atoms with Crippen molar-refractivity contribution in [2.75, 3.05) is 18.1 Å². The number of benzene rings is 1. The van der Waals surface area contributed by atoms with Crippen LogP contribution in [0, 0.1) is 6.92 Å². The van der Waals surface area contributed by atoms with Crippen LogP contribution in [0.15, 0.2) is 59.5 Å². The number of H-pyrrole nitrogens is 1. The average molecular weight is 412 g/mol. The van der Waals surface area contributed by atoms with Crippen LogP contribution in [0.2, 0.25) is 0 Å². The predicted octanol–water partition coefficient (Wildman–Crippen LogP) is 3.53. The van der Waals surface area contributed by atoms with Crippen LogP contribution in [-0.2, 0) is 16.1 Å². The van der Waals surface area contributed by atoms with Gasteiger partial charge in [-0.25, -0.2) is 0 Å². The first-order valence-electron chi connectivity index (χ1n) is 9.48. The van der Waals surface area contributed by atoms with Gasteiger partial charge in [0.05, 0.1) is 6.54 Å². The fraction of sp³-hybridized carbons (Fsp3) is 0.273. The molecule has 3 N–H and O–H groups in total. The van der Waals surface area contributed by atoms with E-state index in [0.717, 1.165) is 29.1 Å². The van der Waals surface area contributed by atoms with Gasteiger partial charge in [-0.15, -0.1) is 0 Å². The Bertz CT molecular complexity index is 962. The molecule has 1 aromatic carbocycles. The Morgan fingerprint density at radius 2 is 2.07 bits per heavy atom. The minimum absolute atomic E-state index is 0.0881. The van der Waals surface area contributed by atoms with E-state index < -0.39 is 0 Å². The summed E-state index contributed by atoms with van der Waals surface area (Å²) >= 11 is 1.60. The topological polar surface area (TPSA) is 85.4 Å². The molecule has 0 saturated heterocycles. The van der Waals surface area contributed by atoms with E-state index in [0.29, 0.717) is 30.2 Å². The number of aliphatic hydroxyl groups is 1. The Balaban J connectivity index is 1.82. The predicted molar refractivity (Wildman–Crippen MR) is 116 cm³/mol. The smallest absolute Gasteiger partial charge is 0.247 e. The molecule has 0 aliphatic carbocycles. The highest BCUT2D eigenvalue weighted by molar-refractivity contribution is 7.99. The maximum absolute atomic E-state index is 11.8. The molecule has 0 unspecified atom stereocenters. The lowest BCUT2D eigenvalue weighted by Crippen LogP contribution is -2.24. The Morgan fingerprint density at radius 1 is 1.28 bits per heavy atom. The third kappa shape index (κ3) is 4.92. The van der Waals surface area contributed by atoms with Crippen molar-refractivity contribution in [3.63, 3.8) is 0 Å². The molecule has 29 heavy (non-hydrogen) atoms. The molecule has 1 aliphatic heterocycles. The molecule has 1 aromatic heterocycles. The first-order valence-corrected chi connectivity index (χ1v) is 10.6. The van der Waals surface area contributed by atoms with Crippen LogP contribution in [0.5, 0.6) is 0 Å². The maximum atomic E-state index is 11.8. The standard InChI is InChI=1S/C22H25N3O3S/c1-3-23-22(28)10-21(27)18-12-29-13-20(18)25(14-26)11-16-8-9-19(24-16)17-7-5-4-6-15(17)2/h4-10,14,24,27H,3,11-13H2,1-2H3,(H,23,28)/b21-10-. The summed E-state index contributed by atoms with van der Waals surface area (Å²) in [6.07, 6.45) is 1.95. The van der Waals surface area contributed by atoms with Crippen molar-refractivity contribution in [2.45, 2.75) is 20.4 Å². The van der Waals surface area contributed by atoms with Crippen LogP contribution in [0.3, 0.4) is 0 Å². The Labute approximate surface area is 174 Å². The van der Waals surface area contributed by atoms with E-state index in [1.54, 1.807) is 16.7 Å². The van der Waals surface area contributed by atoms with Crippen molar-refractivity contribution >= 4 is 24.1 Å². The molecule has 0 bridgehead atoms. The van der Waals surface area contributed by atoms with Gasteiger partial charge in [-0.1, -0.05) is 24.3 Å². The van der Waals surface area contributed by atoms with Crippen molar-refractivity contribution in [3.05, 3.63) is 70.8 Å². The number of aryl methyl sites for hydroxylation is 1. The highest BCUT2D eigenvalue weighted by atomic mass is 32.2. The van der Waals surface area contributed by atoms with Gasteiger partial charge in [-0.05, 0) is 31.5 Å². The van der Waals surface area contributed by atoms with E-state index in [-0.39, 0.29) is 11.7 Å². The lowest BCUT2D eigenvalue weighted by Gasteiger charge is -2.19. The lowest BCUT2D eigenvalue weighted by atomic mass is 10.1. The zero-order valence-corrected chi connectivity index (χ0v) is 17.4. The fourth-order valence-electron chi connectivity index (χ4n) is 3.28. The van der Waals surface area contributed by atoms with Gasteiger partial charge in [0.1, 0.15) is 5.76 Å². The zero-order valence-electron chi connectivity index (χ0n) is 16.6. The molecule has 0 spiro atoms. The number of rotatable bonds is 8. The molecule has 2 amide bonds. The Kier molecular flexibility index (Phi) is 6.82. The summed E-state index contributed by atoms with van der Waals surface area (Å²) in [5.41, 5.74) is 5.54. The number of nitrogens with zero attached hydrogens (tertiary/aromatic N) is 1. The first-order chi connectivity index (χ1) is 14.0. The number of amides is 2. The van der Waals surface area contributed by atoms with Crippen LogP contribution in [0.25, 0.3) is 11.3 Å². The van der Waals surface area contributed by atoms with Crippen molar-refractivity contribution in [3.8, 4) is 11.3 Å². The van der Waals surface area contributed by atoms with Gasteiger partial charge >= 0.3 is 0 Å². The molecule has 7 heteroatoms. The van der Waals surface area contributed by atoms with Crippen molar-refractivity contribution in [1.29, 1.82) is 0 Å². The summed E-state index contributed by atoms with van der Waals surface area (Å²) in [5, 5.41) is 13.0. The first kappa shape index (κ1) is 20.8. The number of aromatic nitrogens is 1. The minimum Gasteiger partial charge on any atom is -0.507 e. The highest BCUT2D eigenvalue weighted by Crippen LogP contribution is 2.31. The largest absolute Gasteiger partial charge is 0.507 e. The Morgan fingerprint density at radius 3 is 2.79 bits per heavy atom. The molecule has 1 aliphatic rings. The molecule has 0 fully saturated rings. The number of hydrogen-bond donors (Lipinski definition) is 3. The summed E-state index contributed by atoms with van der Waals surface area (Å²) in [6, 6.07) is 12.1. The molecular weight excluding hydrogens is 386 g/mol. The average Bonchev–Trinajstić information content (AvgIpc) is 3.36. The second-order valence-corrected chi connectivity index (χ2v) is 7.77. The molecule has 3 rings (SSSR count). The van der Waals surface area contributed by atoms with Gasteiger partial charge < -0.3 is 20.3 Å². The number of nitrogens with one attached hydrogen (secondary N) is 2. The fourth-order valence-corrected chi connectivity index (χ4v) is 4.43. The number of allylic oxidation sites excluding steroid dienone is 1. The molecule has 0 atom stereocenters. The number of carbonyl (C=O) groups is 2. The molecule has 2 heterocycles. The quantitative estimate of drug-likeness (QED) is 0.352. The SMILES string of the molecule is CCNC(=O)/C=C(\O)C1=C(N(C=O)Cc2ccc(-c3ccccc3C)[nH]2)CSC1. The third-order valence-corrected chi connectivity index (χ3v) is 5.73. The maximum Gasteiger partial charge on any atom is 0.247 e. The summed E-state index contributed by atoms with van der Waals surface area (Å²) in [5.74, 6) is 0.723. The van der Waals surface area contributed by atoms with Gasteiger partial charge in [-0.2, -0.15) is 11.8 Å². The molecule has 152 valence electrons. The summed E-state index contributed by atoms with van der Waals surface area (Å²) in [6.45, 7) is 4.72. The van der Waals surface area contributed by atoms with Crippen LogP contribution in [0.4, 0.5) is 0 Å². The zero-order chi connectivity index (χ0) is 20.8. The molecule has 0 radical (unpaired) electrons. The molecule has 6 nitrogen and oxygen atoms in total. The molecule has 2 aromatic rings. The highest BCUT2D eigenvalue weighted by Gasteiger charge is 2.24. The molecular formula is C22H25N3O3S. The van der Waals surface area contributed by atoms with Gasteiger partial charge in [0, 0.05) is 52.3 Å². The number of likely N-dealkylation sites (N-methyl/N-ethyl adjacent to an activating group) is 1. The summed E-state index contributed by atoms with van der Waals surface area (Å²) in [7, 11) is 0. The van der Waals surface area contributed by atoms with Crippen LogP contribution >= 0.6 is 11.8 Å². The lowest BCUT2D eigenvalue weighted by molar-refractivity contribution is -0.117. The summed E-state index contributed by atoms with van der Waals surface area (Å²) < 4.78 is 0. The number of thioether (sulfide) groups is 1. The van der Waals surface area contributed by atoms with Crippen LogP contribution in [0.1, 0.15) is 18.2 Å². The number of carbonyl (C=O) groups excluding carboxylic acids is 2. The van der Waals surface area contributed by atoms with E-state index in [2.05, 4.69) is 29.4 Å². The monoisotopic (exact) mass is 411 g/mol. The van der Waals surface area contributed by atoms with E-state index in [4.69, 9.17) is 0 Å². The molecule has 0 saturated carbocycles. The third-order valence-electron chi connectivity index (χ3n) is 4.76. The second kappa shape index (κ2) is 9.52. The van der Waals surface area contributed by atoms with Gasteiger partial charge in [-0.3, -0.25) is 9.59 Å². The number of aliphatic hydroxyl groups excluding tert-OH is 1. The van der Waals surface area contributed by atoms with Crippen LogP contribution in [-0.4, -0.2) is 45.4 Å². The second-order valence-electron chi connectivity index (χ2n) is 6.79. The van der Waals surface area contributed by atoms with E-state index in [1.165, 1.54) is 11.6 Å². The van der Waals surface area contributed by atoms with E-state index >= 15 is 0 Å². The van der Waals surface area contributed by atoms with Crippen molar-refractivity contribution in [2.24, 2.45) is 0 Å². The van der Waals surface area contributed by atoms with E-state index in [1.807, 2.05) is 31.2 Å². The van der Waals surface area contributed by atoms with Gasteiger partial charge in [0.15, 0.2) is 0 Å². The number of aromatic amines is 1. The normalized spacial score (nSPS) is 14.2. The minimum atomic E-state index is -0.348. The Hall–Kier alpha value is -2.93. The number of hydrogen-bond acceptors (Lipinski definition) is 4. The van der Waals surface area contributed by atoms with Crippen molar-refractivity contribution in [1.82, 2.24) is 15.2 Å². The van der Waals surface area contributed by atoms with Crippen LogP contribution < -0.4 is 5.32 Å².